The zero-order valence-electron chi connectivity index (χ0n) is 19.6. The van der Waals surface area contributed by atoms with Gasteiger partial charge in [-0.05, 0) is 75.5 Å². The first-order valence-corrected chi connectivity index (χ1v) is 12.5. The molecule has 0 aromatic heterocycles. The molecule has 1 saturated heterocycles. The zero-order valence-corrected chi connectivity index (χ0v) is 20.3. The van der Waals surface area contributed by atoms with E-state index in [1.54, 1.807) is 6.92 Å². The molecular formula is C26H35ClN2O4. The van der Waals surface area contributed by atoms with E-state index < -0.39 is 5.97 Å². The van der Waals surface area contributed by atoms with Gasteiger partial charge in [-0.15, -0.1) is 0 Å². The summed E-state index contributed by atoms with van der Waals surface area (Å²) in [5, 5.41) is 0.659. The molecule has 0 bridgehead atoms. The molecule has 0 spiro atoms. The maximum atomic E-state index is 12.9. The van der Waals surface area contributed by atoms with Crippen LogP contribution >= 0.6 is 11.6 Å². The van der Waals surface area contributed by atoms with Crippen LogP contribution < -0.4 is 0 Å². The van der Waals surface area contributed by atoms with Crippen LogP contribution in [0.4, 0.5) is 0 Å². The Bertz CT molecular complexity index is 852. The predicted octanol–water partition coefficient (Wildman–Crippen LogP) is 4.75. The Kier molecular flexibility index (Phi) is 9.79. The second kappa shape index (κ2) is 12.8. The van der Waals surface area contributed by atoms with Crippen LogP contribution in [0.3, 0.4) is 0 Å². The van der Waals surface area contributed by atoms with E-state index in [0.717, 1.165) is 24.9 Å². The number of esters is 1. The average Bonchev–Trinajstić information content (AvgIpc) is 2.82. The number of piperidine rings is 1. The molecule has 1 aliphatic carbocycles. The van der Waals surface area contributed by atoms with Crippen LogP contribution in [-0.2, 0) is 25.5 Å². The summed E-state index contributed by atoms with van der Waals surface area (Å²) in [7, 11) is 0. The summed E-state index contributed by atoms with van der Waals surface area (Å²) in [6.45, 7) is 3.14. The highest BCUT2D eigenvalue weighted by Crippen LogP contribution is 2.35. The lowest BCUT2D eigenvalue weighted by molar-refractivity contribution is -0.149. The van der Waals surface area contributed by atoms with Crippen molar-refractivity contribution in [2.45, 2.75) is 64.7 Å². The second-order valence-electron chi connectivity index (χ2n) is 8.79. The molecule has 3 rings (SSSR count). The Morgan fingerprint density at radius 3 is 2.64 bits per heavy atom. The van der Waals surface area contributed by atoms with Crippen molar-refractivity contribution in [1.82, 2.24) is 9.80 Å². The molecule has 0 radical (unpaired) electrons. The Morgan fingerprint density at radius 2 is 1.88 bits per heavy atom. The molecule has 1 unspecified atom stereocenters. The van der Waals surface area contributed by atoms with Crippen LogP contribution in [0.1, 0.15) is 63.9 Å². The first-order valence-electron chi connectivity index (χ1n) is 12.2. The Balaban J connectivity index is 1.52. The van der Waals surface area contributed by atoms with Crippen molar-refractivity contribution in [3.8, 4) is 0 Å². The molecule has 6 nitrogen and oxygen atoms in total. The van der Waals surface area contributed by atoms with E-state index in [-0.39, 0.29) is 31.4 Å². The molecule has 2 aliphatic rings. The number of likely N-dealkylation sites (tertiary alicyclic amines) is 1. The fourth-order valence-corrected chi connectivity index (χ4v) is 4.82. The molecule has 1 heterocycles. The summed E-state index contributed by atoms with van der Waals surface area (Å²) in [6.07, 6.45) is 9.55. The van der Waals surface area contributed by atoms with Crippen LogP contribution in [0.25, 0.3) is 0 Å². The molecule has 1 fully saturated rings. The molecule has 0 N–H and O–H groups in total. The molecule has 7 heteroatoms. The summed E-state index contributed by atoms with van der Waals surface area (Å²) >= 11 is 5.94. The zero-order chi connectivity index (χ0) is 23.6. The van der Waals surface area contributed by atoms with Crippen LogP contribution in [0.15, 0.2) is 36.0 Å². The van der Waals surface area contributed by atoms with Crippen LogP contribution in [0.2, 0.25) is 5.02 Å². The van der Waals surface area contributed by atoms with Crippen molar-refractivity contribution < 1.29 is 19.1 Å². The molecule has 1 aliphatic heterocycles. The first-order chi connectivity index (χ1) is 16.0. The van der Waals surface area contributed by atoms with Gasteiger partial charge >= 0.3 is 5.97 Å². The monoisotopic (exact) mass is 474 g/mol. The number of halogens is 1. The molecular weight excluding hydrogens is 440 g/mol. The molecule has 180 valence electrons. The van der Waals surface area contributed by atoms with Crippen molar-refractivity contribution in [3.63, 3.8) is 0 Å². The fraction of sp³-hybridized carbons (Fsp3) is 0.577. The van der Waals surface area contributed by atoms with Gasteiger partial charge in [-0.2, -0.15) is 0 Å². The molecule has 1 aromatic rings. The van der Waals surface area contributed by atoms with Crippen molar-refractivity contribution >= 4 is 29.4 Å². The van der Waals surface area contributed by atoms with Crippen LogP contribution in [-0.4, -0.2) is 53.8 Å². The quantitative estimate of drug-likeness (QED) is 0.459. The highest BCUT2D eigenvalue weighted by Gasteiger charge is 2.30. The smallest absolute Gasteiger partial charge is 0.325 e. The number of allylic oxidation sites excluding steroid dienone is 2. The first kappa shape index (κ1) is 25.3. The number of benzene rings is 1. The van der Waals surface area contributed by atoms with E-state index in [1.807, 2.05) is 29.2 Å². The summed E-state index contributed by atoms with van der Waals surface area (Å²) < 4.78 is 5.05. The summed E-state index contributed by atoms with van der Waals surface area (Å²) in [5.74, 6) is 0.0876. The number of nitrogens with zero attached hydrogens (tertiary/aromatic N) is 2. The van der Waals surface area contributed by atoms with E-state index in [4.69, 9.17) is 16.3 Å². The third-order valence-corrected chi connectivity index (χ3v) is 6.67. The van der Waals surface area contributed by atoms with Crippen molar-refractivity contribution in [2.75, 3.05) is 26.2 Å². The number of amides is 2. The largest absolute Gasteiger partial charge is 0.465 e. The van der Waals surface area contributed by atoms with Gasteiger partial charge in [-0.3, -0.25) is 14.4 Å². The van der Waals surface area contributed by atoms with E-state index in [9.17, 15) is 14.4 Å². The lowest BCUT2D eigenvalue weighted by Gasteiger charge is -2.38. The third-order valence-electron chi connectivity index (χ3n) is 6.42. The molecule has 0 saturated carbocycles. The van der Waals surface area contributed by atoms with Gasteiger partial charge in [-0.1, -0.05) is 29.8 Å². The lowest BCUT2D eigenvalue weighted by Crippen LogP contribution is -2.39. The Morgan fingerprint density at radius 1 is 1.12 bits per heavy atom. The molecule has 1 atom stereocenters. The topological polar surface area (TPSA) is 66.9 Å². The normalized spacial score (nSPS) is 17.7. The number of fused-ring (bicyclic) bond motifs is 1. The summed E-state index contributed by atoms with van der Waals surface area (Å²) in [5.41, 5.74) is 2.24. The van der Waals surface area contributed by atoms with E-state index in [0.29, 0.717) is 36.7 Å². The van der Waals surface area contributed by atoms with Crippen molar-refractivity contribution in [3.05, 3.63) is 46.6 Å². The van der Waals surface area contributed by atoms with Gasteiger partial charge in [0, 0.05) is 36.7 Å². The fourth-order valence-electron chi connectivity index (χ4n) is 4.70. The van der Waals surface area contributed by atoms with Gasteiger partial charge in [0.1, 0.15) is 6.54 Å². The SMILES string of the molecule is CCOC(=O)CN(CCc1ccc(Cl)cc1)C(=O)CCCC(=O)N1CCCC2CCCC=C21. The van der Waals surface area contributed by atoms with E-state index >= 15 is 0 Å². The molecule has 1 aromatic carbocycles. The molecule has 33 heavy (non-hydrogen) atoms. The van der Waals surface area contributed by atoms with Crippen LogP contribution in [0, 0.1) is 5.92 Å². The highest BCUT2D eigenvalue weighted by atomic mass is 35.5. The van der Waals surface area contributed by atoms with Crippen molar-refractivity contribution in [1.29, 1.82) is 0 Å². The van der Waals surface area contributed by atoms with Crippen LogP contribution in [0.5, 0.6) is 0 Å². The van der Waals surface area contributed by atoms with Gasteiger partial charge in [0.15, 0.2) is 0 Å². The number of ether oxygens (including phenoxy) is 1. The third kappa shape index (κ3) is 7.60. The van der Waals surface area contributed by atoms with Gasteiger partial charge in [0.25, 0.3) is 0 Å². The minimum absolute atomic E-state index is 0.0745. The van der Waals surface area contributed by atoms with Gasteiger partial charge in [0.05, 0.1) is 6.61 Å². The highest BCUT2D eigenvalue weighted by molar-refractivity contribution is 6.30. The summed E-state index contributed by atoms with van der Waals surface area (Å²) in [4.78, 5) is 41.3. The predicted molar refractivity (Wildman–Crippen MR) is 129 cm³/mol. The summed E-state index contributed by atoms with van der Waals surface area (Å²) in [6, 6.07) is 7.46. The van der Waals surface area contributed by atoms with Gasteiger partial charge < -0.3 is 14.5 Å². The number of carbonyl (C=O) groups is 3. The maximum absolute atomic E-state index is 12.9. The lowest BCUT2D eigenvalue weighted by atomic mass is 9.85. The standard InChI is InChI=1S/C26H35ClN2O4/c1-2-33-26(32)19-28(18-16-20-12-14-22(27)15-13-20)24(30)10-5-11-25(31)29-17-6-8-21-7-3-4-9-23(21)29/h9,12-15,21H,2-8,10-11,16-19H2,1H3. The average molecular weight is 475 g/mol. The number of hydrogen-bond acceptors (Lipinski definition) is 4. The number of hydrogen-bond donors (Lipinski definition) is 0. The number of rotatable bonds is 10. The molecule has 2 amide bonds. The minimum Gasteiger partial charge on any atom is -0.465 e. The second-order valence-corrected chi connectivity index (χ2v) is 9.23. The van der Waals surface area contributed by atoms with Gasteiger partial charge in [-0.25, -0.2) is 0 Å². The Hall–Kier alpha value is -2.34. The minimum atomic E-state index is -0.415. The number of carbonyl (C=O) groups excluding carboxylic acids is 3. The van der Waals surface area contributed by atoms with E-state index in [1.165, 1.54) is 29.9 Å². The van der Waals surface area contributed by atoms with E-state index in [2.05, 4.69) is 6.08 Å². The Labute approximate surface area is 201 Å². The van der Waals surface area contributed by atoms with Crippen molar-refractivity contribution in [2.24, 2.45) is 5.92 Å². The maximum Gasteiger partial charge on any atom is 0.325 e. The van der Waals surface area contributed by atoms with Gasteiger partial charge in [0.2, 0.25) is 11.8 Å².